The summed E-state index contributed by atoms with van der Waals surface area (Å²) in [4.78, 5) is 24.7. The lowest BCUT2D eigenvalue weighted by Crippen LogP contribution is -2.47. The summed E-state index contributed by atoms with van der Waals surface area (Å²) in [7, 11) is 0. The van der Waals surface area contributed by atoms with Crippen LogP contribution >= 0.6 is 11.8 Å². The van der Waals surface area contributed by atoms with Gasteiger partial charge >= 0.3 is 0 Å². The second-order valence-corrected chi connectivity index (χ2v) is 6.01. The smallest absolute Gasteiger partial charge is 0.242 e. The van der Waals surface area contributed by atoms with E-state index in [1.54, 1.807) is 6.92 Å². The third-order valence-corrected chi connectivity index (χ3v) is 3.84. The van der Waals surface area contributed by atoms with Gasteiger partial charge in [-0.3, -0.25) is 9.59 Å². The number of rotatable bonds is 7. The molecule has 0 aromatic heterocycles. The maximum absolute atomic E-state index is 12.0. The van der Waals surface area contributed by atoms with Crippen molar-refractivity contribution in [1.82, 2.24) is 10.6 Å². The second-order valence-electron chi connectivity index (χ2n) is 4.59. The second kappa shape index (κ2) is 8.64. The molecule has 0 bridgehead atoms. The van der Waals surface area contributed by atoms with E-state index < -0.39 is 6.04 Å². The Balaban J connectivity index is 2.43. The van der Waals surface area contributed by atoms with Gasteiger partial charge in [0.05, 0.1) is 5.25 Å². The summed E-state index contributed by atoms with van der Waals surface area (Å²) >= 11 is 1.48. The molecule has 2 N–H and O–H groups in total. The maximum Gasteiger partial charge on any atom is 0.242 e. The Hall–Kier alpha value is -1.49. The van der Waals surface area contributed by atoms with Gasteiger partial charge in [-0.2, -0.15) is 0 Å². The predicted molar refractivity (Wildman–Crippen MR) is 82.7 cm³/mol. The molecule has 0 aliphatic heterocycles. The Kier molecular flexibility index (Phi) is 7.15. The monoisotopic (exact) mass is 294 g/mol. The minimum Gasteiger partial charge on any atom is -0.354 e. The van der Waals surface area contributed by atoms with Gasteiger partial charge in [0.15, 0.2) is 0 Å². The first-order chi connectivity index (χ1) is 9.54. The largest absolute Gasteiger partial charge is 0.354 e. The fourth-order valence-corrected chi connectivity index (χ4v) is 2.45. The van der Waals surface area contributed by atoms with Crippen LogP contribution in [0.1, 0.15) is 27.2 Å². The summed E-state index contributed by atoms with van der Waals surface area (Å²) in [5.74, 6) is -0.268. The van der Waals surface area contributed by atoms with Crippen molar-refractivity contribution < 1.29 is 9.59 Å². The number of hydrogen-bond acceptors (Lipinski definition) is 3. The van der Waals surface area contributed by atoms with E-state index in [1.807, 2.05) is 44.2 Å². The van der Waals surface area contributed by atoms with E-state index in [0.717, 1.165) is 11.3 Å². The van der Waals surface area contributed by atoms with Crippen LogP contribution in [-0.4, -0.2) is 29.7 Å². The van der Waals surface area contributed by atoms with Crippen molar-refractivity contribution in [2.24, 2.45) is 0 Å². The molecular formula is C15H22N2O2S. The maximum atomic E-state index is 12.0. The molecule has 0 radical (unpaired) electrons. The zero-order valence-electron chi connectivity index (χ0n) is 12.2. The van der Waals surface area contributed by atoms with E-state index in [1.165, 1.54) is 11.8 Å². The third-order valence-electron chi connectivity index (χ3n) is 2.73. The highest BCUT2D eigenvalue weighted by Gasteiger charge is 2.19. The van der Waals surface area contributed by atoms with Crippen LogP contribution in [-0.2, 0) is 9.59 Å². The van der Waals surface area contributed by atoms with E-state index in [-0.39, 0.29) is 17.1 Å². The molecule has 2 unspecified atom stereocenters. The minimum absolute atomic E-state index is 0.127. The summed E-state index contributed by atoms with van der Waals surface area (Å²) in [5.41, 5.74) is 0. The Morgan fingerprint density at radius 3 is 2.40 bits per heavy atom. The van der Waals surface area contributed by atoms with E-state index in [9.17, 15) is 9.59 Å². The molecule has 4 nitrogen and oxygen atoms in total. The van der Waals surface area contributed by atoms with E-state index in [4.69, 9.17) is 0 Å². The molecule has 2 atom stereocenters. The first kappa shape index (κ1) is 16.6. The lowest BCUT2D eigenvalue weighted by atomic mass is 10.3. The molecular weight excluding hydrogens is 272 g/mol. The number of nitrogens with one attached hydrogen (secondary N) is 2. The summed E-state index contributed by atoms with van der Waals surface area (Å²) in [5, 5.41) is 5.27. The molecule has 0 spiro atoms. The van der Waals surface area contributed by atoms with Crippen molar-refractivity contribution in [3.8, 4) is 0 Å². The van der Waals surface area contributed by atoms with Crippen LogP contribution in [0.5, 0.6) is 0 Å². The Labute approximate surface area is 124 Å². The molecule has 5 heteroatoms. The molecule has 0 aliphatic rings. The molecule has 0 saturated carbocycles. The molecule has 110 valence electrons. The molecule has 20 heavy (non-hydrogen) atoms. The standard InChI is InChI=1S/C15H22N2O2S/c1-4-10-16-14(18)11(2)17-15(19)12(3)20-13-8-6-5-7-9-13/h5-9,11-12H,4,10H2,1-3H3,(H,16,18)(H,17,19). The van der Waals surface area contributed by atoms with Crippen LogP contribution in [0.2, 0.25) is 0 Å². The third kappa shape index (κ3) is 5.65. The van der Waals surface area contributed by atoms with Gasteiger partial charge in [0.2, 0.25) is 11.8 Å². The van der Waals surface area contributed by atoms with Gasteiger partial charge in [0, 0.05) is 11.4 Å². The predicted octanol–water partition coefficient (Wildman–Crippen LogP) is 2.20. The summed E-state index contributed by atoms with van der Waals surface area (Å²) in [6, 6.07) is 9.24. The lowest BCUT2D eigenvalue weighted by Gasteiger charge is -2.17. The van der Waals surface area contributed by atoms with Crippen LogP contribution in [0.3, 0.4) is 0 Å². The van der Waals surface area contributed by atoms with Gasteiger partial charge in [0.25, 0.3) is 0 Å². The van der Waals surface area contributed by atoms with Crippen LogP contribution in [0, 0.1) is 0 Å². The van der Waals surface area contributed by atoms with Crippen molar-refractivity contribution in [2.45, 2.75) is 43.4 Å². The average Bonchev–Trinajstić information content (AvgIpc) is 2.45. The highest BCUT2D eigenvalue weighted by molar-refractivity contribution is 8.00. The van der Waals surface area contributed by atoms with Crippen LogP contribution in [0.15, 0.2) is 35.2 Å². The SMILES string of the molecule is CCCNC(=O)C(C)NC(=O)C(C)Sc1ccccc1. The van der Waals surface area contributed by atoms with Gasteiger partial charge < -0.3 is 10.6 Å². The lowest BCUT2D eigenvalue weighted by molar-refractivity contribution is -0.128. The van der Waals surface area contributed by atoms with Gasteiger partial charge in [0.1, 0.15) is 6.04 Å². The van der Waals surface area contributed by atoms with Gasteiger partial charge in [-0.05, 0) is 32.4 Å². The zero-order valence-corrected chi connectivity index (χ0v) is 13.0. The Morgan fingerprint density at radius 2 is 1.80 bits per heavy atom. The number of benzene rings is 1. The first-order valence-corrected chi connectivity index (χ1v) is 7.72. The molecule has 1 aromatic carbocycles. The summed E-state index contributed by atoms with van der Waals surface area (Å²) in [6.07, 6.45) is 0.882. The first-order valence-electron chi connectivity index (χ1n) is 6.84. The number of thioether (sulfide) groups is 1. The minimum atomic E-state index is -0.507. The molecule has 0 aliphatic carbocycles. The van der Waals surface area contributed by atoms with Crippen LogP contribution in [0.25, 0.3) is 0 Å². The summed E-state index contributed by atoms with van der Waals surface area (Å²) in [6.45, 7) is 6.15. The molecule has 1 rings (SSSR count). The Morgan fingerprint density at radius 1 is 1.15 bits per heavy atom. The summed E-state index contributed by atoms with van der Waals surface area (Å²) < 4.78 is 0. The topological polar surface area (TPSA) is 58.2 Å². The zero-order chi connectivity index (χ0) is 15.0. The number of hydrogen-bond donors (Lipinski definition) is 2. The van der Waals surface area contributed by atoms with Crippen molar-refractivity contribution >= 4 is 23.6 Å². The molecule has 0 fully saturated rings. The average molecular weight is 294 g/mol. The molecule has 0 heterocycles. The van der Waals surface area contributed by atoms with Crippen LogP contribution < -0.4 is 10.6 Å². The van der Waals surface area contributed by atoms with Crippen molar-refractivity contribution in [1.29, 1.82) is 0 Å². The fourth-order valence-electron chi connectivity index (χ4n) is 1.55. The van der Waals surface area contributed by atoms with E-state index in [0.29, 0.717) is 6.54 Å². The number of amides is 2. The molecule has 2 amide bonds. The number of carbonyl (C=O) groups excluding carboxylic acids is 2. The fraction of sp³-hybridized carbons (Fsp3) is 0.467. The van der Waals surface area contributed by atoms with Gasteiger partial charge in [-0.1, -0.05) is 25.1 Å². The quantitative estimate of drug-likeness (QED) is 0.758. The Bertz CT molecular complexity index is 437. The van der Waals surface area contributed by atoms with E-state index in [2.05, 4.69) is 10.6 Å². The molecule has 1 aromatic rings. The van der Waals surface area contributed by atoms with Crippen LogP contribution in [0.4, 0.5) is 0 Å². The van der Waals surface area contributed by atoms with Gasteiger partial charge in [-0.25, -0.2) is 0 Å². The molecule has 0 saturated heterocycles. The van der Waals surface area contributed by atoms with Crippen molar-refractivity contribution in [3.05, 3.63) is 30.3 Å². The normalized spacial score (nSPS) is 13.3. The van der Waals surface area contributed by atoms with Crippen molar-refractivity contribution in [3.63, 3.8) is 0 Å². The van der Waals surface area contributed by atoms with Crippen molar-refractivity contribution in [2.75, 3.05) is 6.54 Å². The number of carbonyl (C=O) groups is 2. The van der Waals surface area contributed by atoms with E-state index >= 15 is 0 Å². The van der Waals surface area contributed by atoms with Gasteiger partial charge in [-0.15, -0.1) is 11.8 Å². The highest BCUT2D eigenvalue weighted by atomic mass is 32.2. The highest BCUT2D eigenvalue weighted by Crippen LogP contribution is 2.22.